The molecule has 1 atom stereocenters. The maximum absolute atomic E-state index is 11.9. The van der Waals surface area contributed by atoms with Crippen molar-refractivity contribution in [3.8, 4) is 23.1 Å². The summed E-state index contributed by atoms with van der Waals surface area (Å²) in [6.45, 7) is 4.27. The number of benzene rings is 2. The zero-order valence-electron chi connectivity index (χ0n) is 20.1. The standard InChI is InChI=1S/C27H27N5O3/c1-16(34)32-9-6-17-12-23(25(35-3)13-24(17)32)31-26-29-8-5-22(30-26)18-10-19(14-28)20-4-7-27(2,15-33)21(20)11-18/h5,8,10-13,33H,4,6-7,9,15H2,1-3H3,(H,29,30,31). The average molecular weight is 470 g/mol. The van der Waals surface area contributed by atoms with Crippen LogP contribution in [0.5, 0.6) is 5.75 Å². The Morgan fingerprint density at radius 1 is 1.31 bits per heavy atom. The molecule has 0 spiro atoms. The van der Waals surface area contributed by atoms with Gasteiger partial charge in [-0.2, -0.15) is 5.26 Å². The van der Waals surface area contributed by atoms with Gasteiger partial charge in [0.1, 0.15) is 5.75 Å². The Kier molecular flexibility index (Phi) is 5.65. The number of aliphatic hydroxyl groups is 1. The van der Waals surface area contributed by atoms with Gasteiger partial charge in [-0.05, 0) is 60.2 Å². The van der Waals surface area contributed by atoms with Crippen LogP contribution in [0.2, 0.25) is 0 Å². The summed E-state index contributed by atoms with van der Waals surface area (Å²) < 4.78 is 5.59. The minimum atomic E-state index is -0.364. The van der Waals surface area contributed by atoms with Crippen LogP contribution in [0.15, 0.2) is 36.5 Å². The quantitative estimate of drug-likeness (QED) is 0.583. The molecule has 3 aromatic rings. The molecule has 0 saturated heterocycles. The third-order valence-electron chi connectivity index (χ3n) is 7.17. The minimum absolute atomic E-state index is 0.00549. The second-order valence-corrected chi connectivity index (χ2v) is 9.37. The molecule has 2 aliphatic rings. The zero-order valence-corrected chi connectivity index (χ0v) is 20.1. The van der Waals surface area contributed by atoms with Crippen LogP contribution >= 0.6 is 0 Å². The van der Waals surface area contributed by atoms with Gasteiger partial charge in [-0.1, -0.05) is 6.92 Å². The fraction of sp³-hybridized carbons (Fsp3) is 0.333. The van der Waals surface area contributed by atoms with Crippen molar-refractivity contribution in [3.63, 3.8) is 0 Å². The van der Waals surface area contributed by atoms with Crippen molar-refractivity contribution in [2.24, 2.45) is 0 Å². The maximum atomic E-state index is 11.9. The number of carbonyl (C=O) groups excluding carboxylic acids is 1. The number of nitriles is 1. The van der Waals surface area contributed by atoms with Crippen LogP contribution in [0.3, 0.4) is 0 Å². The number of carbonyl (C=O) groups is 1. The molecule has 1 aromatic heterocycles. The molecule has 5 rings (SSSR count). The summed E-state index contributed by atoms with van der Waals surface area (Å²) in [6.07, 6.45) is 4.04. The summed E-state index contributed by atoms with van der Waals surface area (Å²) in [5, 5.41) is 23.0. The molecule has 1 unspecified atom stereocenters. The highest BCUT2D eigenvalue weighted by Crippen LogP contribution is 2.42. The molecule has 1 amide bonds. The molecule has 1 aliphatic heterocycles. The fourth-order valence-corrected chi connectivity index (χ4v) is 5.14. The van der Waals surface area contributed by atoms with E-state index in [1.807, 2.05) is 37.3 Å². The van der Waals surface area contributed by atoms with E-state index in [9.17, 15) is 15.2 Å². The monoisotopic (exact) mass is 469 g/mol. The number of aromatic nitrogens is 2. The van der Waals surface area contributed by atoms with Crippen LogP contribution in [0, 0.1) is 11.3 Å². The smallest absolute Gasteiger partial charge is 0.227 e. The van der Waals surface area contributed by atoms with E-state index in [1.54, 1.807) is 25.1 Å². The Morgan fingerprint density at radius 2 is 2.14 bits per heavy atom. The van der Waals surface area contributed by atoms with Crippen LogP contribution in [0.25, 0.3) is 11.3 Å². The van der Waals surface area contributed by atoms with E-state index in [0.29, 0.717) is 35.2 Å². The lowest BCUT2D eigenvalue weighted by atomic mass is 9.83. The third-order valence-corrected chi connectivity index (χ3v) is 7.17. The van der Waals surface area contributed by atoms with Gasteiger partial charge in [0.25, 0.3) is 0 Å². The summed E-state index contributed by atoms with van der Waals surface area (Å²) in [5.41, 5.74) is 6.41. The number of rotatable bonds is 5. The van der Waals surface area contributed by atoms with Crippen molar-refractivity contribution in [2.45, 2.75) is 38.5 Å². The van der Waals surface area contributed by atoms with Gasteiger partial charge < -0.3 is 20.1 Å². The SMILES string of the molecule is COc1cc2c(cc1Nc1nccc(-c3cc(C#N)c4c(c3)C(C)(CO)CC4)n1)CCN2C(C)=O. The molecule has 0 bridgehead atoms. The fourth-order valence-electron chi connectivity index (χ4n) is 5.14. The number of methoxy groups -OCH3 is 1. The number of nitrogens with zero attached hydrogens (tertiary/aromatic N) is 4. The first kappa shape index (κ1) is 22.8. The normalized spacial score (nSPS) is 18.1. The molecule has 8 heteroatoms. The van der Waals surface area contributed by atoms with Gasteiger partial charge in [0.05, 0.1) is 42.4 Å². The van der Waals surface area contributed by atoms with Crippen molar-refractivity contribution in [2.75, 3.05) is 30.5 Å². The molecule has 178 valence electrons. The molecule has 35 heavy (non-hydrogen) atoms. The summed E-state index contributed by atoms with van der Waals surface area (Å²) in [6, 6.07) is 11.9. The molecule has 2 aromatic carbocycles. The van der Waals surface area contributed by atoms with Crippen LogP contribution < -0.4 is 15.0 Å². The molecule has 0 radical (unpaired) electrons. The van der Waals surface area contributed by atoms with Crippen molar-refractivity contribution >= 4 is 23.2 Å². The van der Waals surface area contributed by atoms with E-state index in [2.05, 4.69) is 16.4 Å². The molecule has 1 aliphatic carbocycles. The Labute approximate surface area is 204 Å². The lowest BCUT2D eigenvalue weighted by Gasteiger charge is -2.23. The topological polar surface area (TPSA) is 111 Å². The molecular formula is C27H27N5O3. The number of ether oxygens (including phenoxy) is 1. The highest BCUT2D eigenvalue weighted by atomic mass is 16.5. The predicted molar refractivity (Wildman–Crippen MR) is 133 cm³/mol. The van der Waals surface area contributed by atoms with E-state index in [4.69, 9.17) is 9.72 Å². The number of hydrogen-bond donors (Lipinski definition) is 2. The minimum Gasteiger partial charge on any atom is -0.494 e. The van der Waals surface area contributed by atoms with E-state index in [-0.39, 0.29) is 17.9 Å². The summed E-state index contributed by atoms with van der Waals surface area (Å²) in [7, 11) is 1.59. The van der Waals surface area contributed by atoms with Crippen molar-refractivity contribution in [1.82, 2.24) is 9.97 Å². The van der Waals surface area contributed by atoms with E-state index < -0.39 is 0 Å². The summed E-state index contributed by atoms with van der Waals surface area (Å²) in [5.74, 6) is 0.992. The highest BCUT2D eigenvalue weighted by Gasteiger charge is 2.35. The summed E-state index contributed by atoms with van der Waals surface area (Å²) >= 11 is 0. The zero-order chi connectivity index (χ0) is 24.7. The first-order chi connectivity index (χ1) is 16.9. The van der Waals surface area contributed by atoms with Gasteiger partial charge in [-0.25, -0.2) is 9.97 Å². The van der Waals surface area contributed by atoms with Gasteiger partial charge in [0.15, 0.2) is 0 Å². The Hall–Kier alpha value is -3.96. The number of aliphatic hydroxyl groups excluding tert-OH is 1. The van der Waals surface area contributed by atoms with E-state index in [1.165, 1.54) is 0 Å². The molecular weight excluding hydrogens is 442 g/mol. The largest absolute Gasteiger partial charge is 0.494 e. The van der Waals surface area contributed by atoms with Gasteiger partial charge in [0, 0.05) is 36.7 Å². The van der Waals surface area contributed by atoms with Crippen molar-refractivity contribution < 1.29 is 14.6 Å². The first-order valence-electron chi connectivity index (χ1n) is 11.6. The number of fused-ring (bicyclic) bond motifs is 2. The van der Waals surface area contributed by atoms with Crippen molar-refractivity contribution in [3.05, 3.63) is 58.8 Å². The van der Waals surface area contributed by atoms with E-state index in [0.717, 1.165) is 47.2 Å². The molecule has 2 heterocycles. The van der Waals surface area contributed by atoms with Crippen LogP contribution in [0.1, 0.15) is 42.5 Å². The van der Waals surface area contributed by atoms with Crippen molar-refractivity contribution in [1.29, 1.82) is 5.26 Å². The van der Waals surface area contributed by atoms with Gasteiger partial charge in [0.2, 0.25) is 11.9 Å². The lowest BCUT2D eigenvalue weighted by Crippen LogP contribution is -2.25. The molecule has 0 saturated carbocycles. The average Bonchev–Trinajstić information content (AvgIpc) is 3.44. The number of anilines is 3. The van der Waals surface area contributed by atoms with Crippen LogP contribution in [0.4, 0.5) is 17.3 Å². The number of hydrogen-bond acceptors (Lipinski definition) is 7. The Morgan fingerprint density at radius 3 is 2.86 bits per heavy atom. The van der Waals surface area contributed by atoms with Gasteiger partial charge >= 0.3 is 0 Å². The predicted octanol–water partition coefficient (Wildman–Crippen LogP) is 3.87. The van der Waals surface area contributed by atoms with E-state index >= 15 is 0 Å². The Bertz CT molecular complexity index is 1380. The highest BCUT2D eigenvalue weighted by molar-refractivity contribution is 5.95. The van der Waals surface area contributed by atoms with Gasteiger partial charge in [-0.3, -0.25) is 4.79 Å². The third kappa shape index (κ3) is 3.88. The number of amides is 1. The van der Waals surface area contributed by atoms with Gasteiger partial charge in [-0.15, -0.1) is 0 Å². The molecule has 0 fully saturated rings. The second-order valence-electron chi connectivity index (χ2n) is 9.37. The van der Waals surface area contributed by atoms with Crippen LogP contribution in [-0.4, -0.2) is 41.2 Å². The maximum Gasteiger partial charge on any atom is 0.227 e. The molecule has 2 N–H and O–H groups in total. The Balaban J connectivity index is 1.51. The second kappa shape index (κ2) is 8.67. The lowest BCUT2D eigenvalue weighted by molar-refractivity contribution is -0.116. The first-order valence-corrected chi connectivity index (χ1v) is 11.6. The van der Waals surface area contributed by atoms with Crippen LogP contribution in [-0.2, 0) is 23.1 Å². The number of nitrogens with one attached hydrogen (secondary N) is 1. The summed E-state index contributed by atoms with van der Waals surface area (Å²) in [4.78, 5) is 22.8. The molecule has 8 nitrogen and oxygen atoms in total.